The molecule has 0 aliphatic heterocycles. The fourth-order valence-electron chi connectivity index (χ4n) is 1.52. The zero-order valence-corrected chi connectivity index (χ0v) is 8.36. The molecule has 1 heterocycles. The van der Waals surface area contributed by atoms with Gasteiger partial charge in [0.05, 0.1) is 17.4 Å². The number of nitrogen functional groups attached to an aromatic ring is 1. The standard InChI is InChI=1S/C10H14N4O/c11-8-5-13-9(4-7(8)10(12)15)14-6-2-1-3-6/h4-6H,1-3,11H2,(H2,12,15)(H,13,14). The number of hydrogen-bond donors (Lipinski definition) is 3. The zero-order valence-electron chi connectivity index (χ0n) is 8.36. The maximum Gasteiger partial charge on any atom is 0.250 e. The molecule has 1 aromatic rings. The van der Waals surface area contributed by atoms with E-state index < -0.39 is 5.91 Å². The third-order valence-corrected chi connectivity index (χ3v) is 2.66. The number of carbonyl (C=O) groups is 1. The van der Waals surface area contributed by atoms with Gasteiger partial charge in [-0.05, 0) is 25.3 Å². The topological polar surface area (TPSA) is 94.0 Å². The van der Waals surface area contributed by atoms with Crippen molar-refractivity contribution in [2.75, 3.05) is 11.1 Å². The van der Waals surface area contributed by atoms with E-state index in [1.165, 1.54) is 12.6 Å². The molecule has 0 radical (unpaired) electrons. The van der Waals surface area contributed by atoms with Gasteiger partial charge >= 0.3 is 0 Å². The van der Waals surface area contributed by atoms with Gasteiger partial charge in [0.1, 0.15) is 5.82 Å². The minimum atomic E-state index is -0.522. The minimum Gasteiger partial charge on any atom is -0.397 e. The molecule has 1 aliphatic rings. The Morgan fingerprint density at radius 2 is 2.27 bits per heavy atom. The van der Waals surface area contributed by atoms with Crippen LogP contribution in [-0.2, 0) is 0 Å². The highest BCUT2D eigenvalue weighted by Gasteiger charge is 2.18. The van der Waals surface area contributed by atoms with E-state index in [4.69, 9.17) is 11.5 Å². The van der Waals surface area contributed by atoms with Crippen LogP contribution in [0.2, 0.25) is 0 Å². The lowest BCUT2D eigenvalue weighted by Gasteiger charge is -2.27. The van der Waals surface area contributed by atoms with Gasteiger partial charge in [0, 0.05) is 6.04 Å². The van der Waals surface area contributed by atoms with Gasteiger partial charge < -0.3 is 16.8 Å². The average Bonchev–Trinajstić information content (AvgIpc) is 2.13. The third-order valence-electron chi connectivity index (χ3n) is 2.66. The number of primary amides is 1. The van der Waals surface area contributed by atoms with E-state index in [1.54, 1.807) is 6.07 Å². The van der Waals surface area contributed by atoms with E-state index in [0.717, 1.165) is 12.8 Å². The van der Waals surface area contributed by atoms with Crippen LogP contribution < -0.4 is 16.8 Å². The molecule has 0 atom stereocenters. The van der Waals surface area contributed by atoms with Crippen LogP contribution >= 0.6 is 0 Å². The molecule has 0 unspecified atom stereocenters. The maximum atomic E-state index is 11.0. The van der Waals surface area contributed by atoms with Crippen molar-refractivity contribution < 1.29 is 4.79 Å². The van der Waals surface area contributed by atoms with Gasteiger partial charge in [-0.25, -0.2) is 4.98 Å². The Bertz CT molecular complexity index is 387. The summed E-state index contributed by atoms with van der Waals surface area (Å²) in [5.74, 6) is 0.147. The maximum absolute atomic E-state index is 11.0. The summed E-state index contributed by atoms with van der Waals surface area (Å²) < 4.78 is 0. The van der Waals surface area contributed by atoms with E-state index in [9.17, 15) is 4.79 Å². The lowest BCUT2D eigenvalue weighted by atomic mass is 9.93. The van der Waals surface area contributed by atoms with Crippen LogP contribution in [0.1, 0.15) is 29.6 Å². The first-order valence-electron chi connectivity index (χ1n) is 4.98. The fraction of sp³-hybridized carbons (Fsp3) is 0.400. The van der Waals surface area contributed by atoms with Crippen molar-refractivity contribution in [2.24, 2.45) is 5.73 Å². The summed E-state index contributed by atoms with van der Waals surface area (Å²) in [4.78, 5) is 15.1. The van der Waals surface area contributed by atoms with Crippen LogP contribution in [0.3, 0.4) is 0 Å². The number of carbonyl (C=O) groups excluding carboxylic acids is 1. The quantitative estimate of drug-likeness (QED) is 0.679. The number of nitrogens with two attached hydrogens (primary N) is 2. The van der Waals surface area contributed by atoms with Crippen molar-refractivity contribution in [1.29, 1.82) is 0 Å². The smallest absolute Gasteiger partial charge is 0.250 e. The Hall–Kier alpha value is -1.78. The Kier molecular flexibility index (Phi) is 2.45. The molecular weight excluding hydrogens is 192 g/mol. The Morgan fingerprint density at radius 1 is 1.53 bits per heavy atom. The first-order chi connectivity index (χ1) is 7.16. The largest absolute Gasteiger partial charge is 0.397 e. The fourth-order valence-corrected chi connectivity index (χ4v) is 1.52. The summed E-state index contributed by atoms with van der Waals surface area (Å²) in [5.41, 5.74) is 11.4. The van der Waals surface area contributed by atoms with E-state index in [0.29, 0.717) is 23.1 Å². The van der Waals surface area contributed by atoms with Crippen LogP contribution in [0.5, 0.6) is 0 Å². The number of rotatable bonds is 3. The van der Waals surface area contributed by atoms with Crippen molar-refractivity contribution in [2.45, 2.75) is 25.3 Å². The molecule has 1 saturated carbocycles. The summed E-state index contributed by atoms with van der Waals surface area (Å²) in [6, 6.07) is 2.08. The van der Waals surface area contributed by atoms with E-state index >= 15 is 0 Å². The molecule has 1 aliphatic carbocycles. The van der Waals surface area contributed by atoms with E-state index in [2.05, 4.69) is 10.3 Å². The molecule has 0 spiro atoms. The van der Waals surface area contributed by atoms with Gasteiger partial charge in [-0.15, -0.1) is 0 Å². The lowest BCUT2D eigenvalue weighted by Crippen LogP contribution is -2.27. The van der Waals surface area contributed by atoms with Gasteiger partial charge in [-0.2, -0.15) is 0 Å². The highest BCUT2D eigenvalue weighted by molar-refractivity contribution is 5.98. The number of anilines is 2. The molecule has 0 bridgehead atoms. The summed E-state index contributed by atoms with van der Waals surface area (Å²) >= 11 is 0. The summed E-state index contributed by atoms with van der Waals surface area (Å²) in [5, 5.41) is 3.23. The van der Waals surface area contributed by atoms with Crippen LogP contribution in [0.25, 0.3) is 0 Å². The molecule has 1 amide bonds. The minimum absolute atomic E-state index is 0.321. The van der Waals surface area contributed by atoms with Crippen molar-refractivity contribution >= 4 is 17.4 Å². The molecule has 15 heavy (non-hydrogen) atoms. The van der Waals surface area contributed by atoms with Crippen molar-refractivity contribution in [3.05, 3.63) is 17.8 Å². The van der Waals surface area contributed by atoms with Gasteiger partial charge in [0.15, 0.2) is 0 Å². The third kappa shape index (κ3) is 2.01. The Balaban J connectivity index is 2.17. The monoisotopic (exact) mass is 206 g/mol. The Morgan fingerprint density at radius 3 is 2.80 bits per heavy atom. The second-order valence-electron chi connectivity index (χ2n) is 3.79. The predicted octanol–water partition coefficient (Wildman–Crippen LogP) is 0.727. The number of aromatic nitrogens is 1. The predicted molar refractivity (Wildman–Crippen MR) is 58.4 cm³/mol. The zero-order chi connectivity index (χ0) is 10.8. The number of nitrogens with zero attached hydrogens (tertiary/aromatic N) is 1. The second-order valence-corrected chi connectivity index (χ2v) is 3.79. The molecular formula is C10H14N4O. The number of hydrogen-bond acceptors (Lipinski definition) is 4. The summed E-state index contributed by atoms with van der Waals surface area (Å²) in [6.45, 7) is 0. The number of amides is 1. The van der Waals surface area contributed by atoms with E-state index in [-0.39, 0.29) is 0 Å². The van der Waals surface area contributed by atoms with Crippen LogP contribution in [0, 0.1) is 0 Å². The van der Waals surface area contributed by atoms with E-state index in [1.807, 2.05) is 0 Å². The molecule has 5 N–H and O–H groups in total. The summed E-state index contributed by atoms with van der Waals surface area (Å²) in [7, 11) is 0. The average molecular weight is 206 g/mol. The highest BCUT2D eigenvalue weighted by atomic mass is 16.1. The molecule has 5 nitrogen and oxygen atoms in total. The molecule has 2 rings (SSSR count). The van der Waals surface area contributed by atoms with Crippen LogP contribution in [0.4, 0.5) is 11.5 Å². The van der Waals surface area contributed by atoms with Gasteiger partial charge in [-0.3, -0.25) is 4.79 Å². The normalized spacial score (nSPS) is 15.7. The SMILES string of the molecule is NC(=O)c1cc(NC2CCC2)ncc1N. The lowest BCUT2D eigenvalue weighted by molar-refractivity contribution is 0.100. The van der Waals surface area contributed by atoms with Crippen LogP contribution in [-0.4, -0.2) is 16.9 Å². The van der Waals surface area contributed by atoms with Gasteiger partial charge in [0.25, 0.3) is 5.91 Å². The van der Waals surface area contributed by atoms with Gasteiger partial charge in [-0.1, -0.05) is 0 Å². The second kappa shape index (κ2) is 3.76. The van der Waals surface area contributed by atoms with Gasteiger partial charge in [0.2, 0.25) is 0 Å². The molecule has 5 heteroatoms. The molecule has 0 saturated heterocycles. The summed E-state index contributed by atoms with van der Waals surface area (Å²) in [6.07, 6.45) is 5.01. The van der Waals surface area contributed by atoms with Crippen molar-refractivity contribution in [3.63, 3.8) is 0 Å². The number of pyridine rings is 1. The van der Waals surface area contributed by atoms with Crippen LogP contribution in [0.15, 0.2) is 12.3 Å². The molecule has 1 aromatic heterocycles. The van der Waals surface area contributed by atoms with Crippen molar-refractivity contribution in [1.82, 2.24) is 4.98 Å². The van der Waals surface area contributed by atoms with Crippen molar-refractivity contribution in [3.8, 4) is 0 Å². The molecule has 1 fully saturated rings. The molecule has 0 aromatic carbocycles. The molecule has 80 valence electrons. The highest BCUT2D eigenvalue weighted by Crippen LogP contribution is 2.23. The first-order valence-corrected chi connectivity index (χ1v) is 4.98. The first kappa shape index (κ1) is 9.76. The number of nitrogens with one attached hydrogen (secondary N) is 1. The Labute approximate surface area is 87.9 Å².